The summed E-state index contributed by atoms with van der Waals surface area (Å²) in [6.07, 6.45) is 2.93. The van der Waals surface area contributed by atoms with E-state index >= 15 is 0 Å². The van der Waals surface area contributed by atoms with Gasteiger partial charge in [-0.05, 0) is 37.1 Å². The number of carbonyl (C=O) groups is 3. The third kappa shape index (κ3) is 3.52. The van der Waals surface area contributed by atoms with Crippen LogP contribution >= 0.6 is 0 Å². The number of hydrogen-bond acceptors (Lipinski definition) is 3. The van der Waals surface area contributed by atoms with Gasteiger partial charge in [-0.3, -0.25) is 14.4 Å². The van der Waals surface area contributed by atoms with Crippen LogP contribution in [0, 0.1) is 6.92 Å². The van der Waals surface area contributed by atoms with Gasteiger partial charge in [0.05, 0.1) is 0 Å². The Hall–Kier alpha value is -2.63. The molecule has 0 aromatic heterocycles. The van der Waals surface area contributed by atoms with Crippen LogP contribution < -0.4 is 15.5 Å². The molecule has 3 amide bonds. The number of carbonyl (C=O) groups excluding carboxylic acids is 3. The summed E-state index contributed by atoms with van der Waals surface area (Å²) in [5.41, 5.74) is 2.24. The van der Waals surface area contributed by atoms with Crippen LogP contribution in [-0.4, -0.2) is 30.8 Å². The number of aryl methyl sites for hydroxylation is 1. The molecule has 0 spiro atoms. The molecule has 1 aliphatic rings. The molecule has 1 saturated heterocycles. The van der Waals surface area contributed by atoms with Crippen LogP contribution in [0.2, 0.25) is 0 Å². The van der Waals surface area contributed by atoms with Crippen LogP contribution in [-0.2, 0) is 14.4 Å². The van der Waals surface area contributed by atoms with Crippen molar-refractivity contribution in [2.45, 2.75) is 19.8 Å². The monoisotopic (exact) mass is 301 g/mol. The van der Waals surface area contributed by atoms with E-state index in [2.05, 4.69) is 17.2 Å². The zero-order chi connectivity index (χ0) is 16.1. The summed E-state index contributed by atoms with van der Waals surface area (Å²) < 4.78 is 0. The average Bonchev–Trinajstić information content (AvgIpc) is 2.91. The second kappa shape index (κ2) is 6.89. The molecule has 0 unspecified atom stereocenters. The number of hydrogen-bond donors (Lipinski definition) is 2. The highest BCUT2D eigenvalue weighted by Crippen LogP contribution is 2.27. The first-order valence-electron chi connectivity index (χ1n) is 7.14. The minimum absolute atomic E-state index is 0.115. The van der Waals surface area contributed by atoms with E-state index in [-0.39, 0.29) is 12.5 Å². The Morgan fingerprint density at radius 3 is 2.73 bits per heavy atom. The van der Waals surface area contributed by atoms with Crippen LogP contribution in [0.4, 0.5) is 11.4 Å². The van der Waals surface area contributed by atoms with E-state index in [1.807, 2.05) is 6.92 Å². The number of nitrogens with zero attached hydrogens (tertiary/aromatic N) is 1. The molecule has 6 heteroatoms. The number of nitrogens with one attached hydrogen (secondary N) is 2. The van der Waals surface area contributed by atoms with Crippen LogP contribution in [0.3, 0.4) is 0 Å². The molecule has 6 nitrogen and oxygen atoms in total. The molecular formula is C16H19N3O3. The van der Waals surface area contributed by atoms with E-state index in [1.165, 1.54) is 6.08 Å². The predicted molar refractivity (Wildman–Crippen MR) is 84.6 cm³/mol. The second-order valence-corrected chi connectivity index (χ2v) is 5.10. The van der Waals surface area contributed by atoms with Gasteiger partial charge >= 0.3 is 11.8 Å². The largest absolute Gasteiger partial charge is 0.344 e. The van der Waals surface area contributed by atoms with Crippen molar-refractivity contribution < 1.29 is 14.4 Å². The van der Waals surface area contributed by atoms with Gasteiger partial charge in [-0.15, -0.1) is 6.58 Å². The SMILES string of the molecule is C=CCNC(=O)C(=O)Nc1ccc(N2CCCC2=O)c(C)c1. The van der Waals surface area contributed by atoms with Gasteiger partial charge in [0.2, 0.25) is 5.91 Å². The zero-order valence-electron chi connectivity index (χ0n) is 12.5. The lowest BCUT2D eigenvalue weighted by molar-refractivity contribution is -0.136. The van der Waals surface area contributed by atoms with E-state index in [1.54, 1.807) is 23.1 Å². The predicted octanol–water partition coefficient (Wildman–Crippen LogP) is 1.36. The van der Waals surface area contributed by atoms with Crippen molar-refractivity contribution in [1.82, 2.24) is 5.32 Å². The van der Waals surface area contributed by atoms with E-state index < -0.39 is 11.8 Å². The van der Waals surface area contributed by atoms with Crippen molar-refractivity contribution in [2.24, 2.45) is 0 Å². The average molecular weight is 301 g/mol. The number of benzene rings is 1. The van der Waals surface area contributed by atoms with Crippen molar-refractivity contribution in [3.05, 3.63) is 36.4 Å². The van der Waals surface area contributed by atoms with Crippen molar-refractivity contribution in [1.29, 1.82) is 0 Å². The summed E-state index contributed by atoms with van der Waals surface area (Å²) in [7, 11) is 0. The Balaban J connectivity index is 2.06. The molecule has 22 heavy (non-hydrogen) atoms. The first-order chi connectivity index (χ1) is 10.5. The minimum atomic E-state index is -0.730. The first-order valence-corrected chi connectivity index (χ1v) is 7.14. The third-order valence-electron chi connectivity index (χ3n) is 3.43. The Morgan fingerprint density at radius 1 is 1.36 bits per heavy atom. The lowest BCUT2D eigenvalue weighted by atomic mass is 10.1. The zero-order valence-corrected chi connectivity index (χ0v) is 12.5. The molecule has 0 bridgehead atoms. The Morgan fingerprint density at radius 2 is 2.14 bits per heavy atom. The standard InChI is InChI=1S/C16H19N3O3/c1-3-8-17-15(21)16(22)18-12-6-7-13(11(2)10-12)19-9-4-5-14(19)20/h3,6-7,10H,1,4-5,8-9H2,2H3,(H,17,21)(H,18,22). The van der Waals surface area contributed by atoms with Gasteiger partial charge in [0, 0.05) is 30.9 Å². The summed E-state index contributed by atoms with van der Waals surface area (Å²) in [5, 5.41) is 4.94. The van der Waals surface area contributed by atoms with Gasteiger partial charge in [0.1, 0.15) is 0 Å². The molecule has 0 saturated carbocycles. The molecule has 2 N–H and O–H groups in total. The fourth-order valence-corrected chi connectivity index (χ4v) is 2.37. The van der Waals surface area contributed by atoms with Gasteiger partial charge in [-0.2, -0.15) is 0 Å². The fourth-order valence-electron chi connectivity index (χ4n) is 2.37. The van der Waals surface area contributed by atoms with Crippen LogP contribution in [0.15, 0.2) is 30.9 Å². The summed E-state index contributed by atoms with van der Waals surface area (Å²) in [5.74, 6) is -1.33. The van der Waals surface area contributed by atoms with Crippen LogP contribution in [0.1, 0.15) is 18.4 Å². The smallest absolute Gasteiger partial charge is 0.313 e. The molecule has 1 heterocycles. The van der Waals surface area contributed by atoms with Crippen molar-refractivity contribution in [2.75, 3.05) is 23.3 Å². The van der Waals surface area contributed by atoms with Crippen molar-refractivity contribution >= 4 is 29.1 Å². The maximum atomic E-state index is 11.8. The molecule has 116 valence electrons. The van der Waals surface area contributed by atoms with E-state index in [4.69, 9.17) is 0 Å². The second-order valence-electron chi connectivity index (χ2n) is 5.10. The highest BCUT2D eigenvalue weighted by Gasteiger charge is 2.23. The highest BCUT2D eigenvalue weighted by molar-refractivity contribution is 6.39. The number of anilines is 2. The Kier molecular flexibility index (Phi) is 4.93. The van der Waals surface area contributed by atoms with E-state index in [9.17, 15) is 14.4 Å². The van der Waals surface area contributed by atoms with Gasteiger partial charge in [-0.25, -0.2) is 0 Å². The van der Waals surface area contributed by atoms with E-state index in [0.717, 1.165) is 24.2 Å². The highest BCUT2D eigenvalue weighted by atomic mass is 16.2. The molecule has 1 fully saturated rings. The molecule has 2 rings (SSSR count). The van der Waals surface area contributed by atoms with Gasteiger partial charge in [0.15, 0.2) is 0 Å². The lowest BCUT2D eigenvalue weighted by Gasteiger charge is -2.19. The molecule has 0 radical (unpaired) electrons. The maximum absolute atomic E-state index is 11.8. The summed E-state index contributed by atoms with van der Waals surface area (Å²) in [4.78, 5) is 36.7. The maximum Gasteiger partial charge on any atom is 0.313 e. The Labute approximate surface area is 129 Å². The number of amides is 3. The Bertz CT molecular complexity index is 625. The van der Waals surface area contributed by atoms with E-state index in [0.29, 0.717) is 12.1 Å². The third-order valence-corrected chi connectivity index (χ3v) is 3.43. The molecule has 1 aromatic carbocycles. The van der Waals surface area contributed by atoms with Gasteiger partial charge < -0.3 is 15.5 Å². The van der Waals surface area contributed by atoms with Gasteiger partial charge in [-0.1, -0.05) is 6.08 Å². The van der Waals surface area contributed by atoms with Gasteiger partial charge in [0.25, 0.3) is 0 Å². The molecule has 1 aromatic rings. The quantitative estimate of drug-likeness (QED) is 0.651. The number of rotatable bonds is 4. The fraction of sp³-hybridized carbons (Fsp3) is 0.312. The molecule has 0 atom stereocenters. The first kappa shape index (κ1) is 15.8. The summed E-state index contributed by atoms with van der Waals surface area (Å²) in [6, 6.07) is 5.22. The normalized spacial score (nSPS) is 13.9. The lowest BCUT2D eigenvalue weighted by Crippen LogP contribution is -2.35. The van der Waals surface area contributed by atoms with Crippen LogP contribution in [0.5, 0.6) is 0 Å². The van der Waals surface area contributed by atoms with Crippen molar-refractivity contribution in [3.63, 3.8) is 0 Å². The molecule has 1 aliphatic heterocycles. The summed E-state index contributed by atoms with van der Waals surface area (Å²) >= 11 is 0. The van der Waals surface area contributed by atoms with Crippen LogP contribution in [0.25, 0.3) is 0 Å². The minimum Gasteiger partial charge on any atom is -0.344 e. The molecule has 0 aliphatic carbocycles. The topological polar surface area (TPSA) is 78.5 Å². The molecular weight excluding hydrogens is 282 g/mol. The summed E-state index contributed by atoms with van der Waals surface area (Å²) in [6.45, 7) is 6.29. The van der Waals surface area contributed by atoms with Crippen molar-refractivity contribution in [3.8, 4) is 0 Å².